The number of aryl methyl sites for hydroxylation is 1. The number of hydrogen-bond acceptors (Lipinski definition) is 3. The molecule has 0 aliphatic rings. The summed E-state index contributed by atoms with van der Waals surface area (Å²) < 4.78 is 0. The molecule has 0 radical (unpaired) electrons. The quantitative estimate of drug-likeness (QED) is 0.809. The summed E-state index contributed by atoms with van der Waals surface area (Å²) in [5.74, 6) is -1.14. The summed E-state index contributed by atoms with van der Waals surface area (Å²) in [5, 5.41) is 8.73. The van der Waals surface area contributed by atoms with Gasteiger partial charge in [-0.05, 0) is 18.6 Å². The van der Waals surface area contributed by atoms with Crippen molar-refractivity contribution in [1.29, 1.82) is 0 Å². The fraction of sp³-hybridized carbons (Fsp3) is 0.333. The van der Waals surface area contributed by atoms with Crippen molar-refractivity contribution in [2.75, 3.05) is 14.1 Å². The highest BCUT2D eigenvalue weighted by atomic mass is 32.1. The van der Waals surface area contributed by atoms with E-state index in [9.17, 15) is 9.59 Å². The predicted octanol–water partition coefficient (Wildman–Crippen LogP) is 1.46. The smallest absolute Gasteiger partial charge is 0.345 e. The molecule has 4 nitrogen and oxygen atoms in total. The van der Waals surface area contributed by atoms with Gasteiger partial charge < -0.3 is 10.0 Å². The minimum Gasteiger partial charge on any atom is -0.477 e. The third-order valence-electron chi connectivity index (χ3n) is 1.73. The van der Waals surface area contributed by atoms with Crippen molar-refractivity contribution in [2.24, 2.45) is 0 Å². The number of nitrogens with zero attached hydrogens (tertiary/aromatic N) is 1. The SMILES string of the molecule is Cc1cc(C(=O)O)sc1C(=O)N(C)C. The van der Waals surface area contributed by atoms with Gasteiger partial charge in [0.05, 0.1) is 4.88 Å². The van der Waals surface area contributed by atoms with Crippen molar-refractivity contribution < 1.29 is 14.7 Å². The van der Waals surface area contributed by atoms with E-state index in [2.05, 4.69) is 0 Å². The van der Waals surface area contributed by atoms with Crippen LogP contribution in [0, 0.1) is 6.92 Å². The van der Waals surface area contributed by atoms with Crippen LogP contribution < -0.4 is 0 Å². The molecule has 0 aliphatic carbocycles. The average molecular weight is 213 g/mol. The zero-order chi connectivity index (χ0) is 10.9. The van der Waals surface area contributed by atoms with Crippen LogP contribution in [-0.4, -0.2) is 36.0 Å². The average Bonchev–Trinajstić information content (AvgIpc) is 2.46. The summed E-state index contributed by atoms with van der Waals surface area (Å²) in [5.41, 5.74) is 0.714. The van der Waals surface area contributed by atoms with Crippen LogP contribution in [0.15, 0.2) is 6.07 Å². The van der Waals surface area contributed by atoms with Crippen LogP contribution in [0.2, 0.25) is 0 Å². The van der Waals surface area contributed by atoms with Gasteiger partial charge in [0.2, 0.25) is 0 Å². The Bertz CT molecular complexity index is 381. The van der Waals surface area contributed by atoms with E-state index in [0.717, 1.165) is 11.3 Å². The van der Waals surface area contributed by atoms with E-state index in [4.69, 9.17) is 5.11 Å². The Morgan fingerprint density at radius 1 is 1.43 bits per heavy atom. The fourth-order valence-corrected chi connectivity index (χ4v) is 2.04. The van der Waals surface area contributed by atoms with Gasteiger partial charge >= 0.3 is 5.97 Å². The number of thiophene rings is 1. The first kappa shape index (κ1) is 10.7. The Kier molecular flexibility index (Phi) is 2.90. The third-order valence-corrected chi connectivity index (χ3v) is 2.94. The van der Waals surface area contributed by atoms with Crippen molar-refractivity contribution in [2.45, 2.75) is 6.92 Å². The lowest BCUT2D eigenvalue weighted by molar-refractivity contribution is 0.0701. The first-order valence-electron chi connectivity index (χ1n) is 3.99. The molecule has 0 aromatic carbocycles. The van der Waals surface area contributed by atoms with Gasteiger partial charge in [-0.15, -0.1) is 11.3 Å². The van der Waals surface area contributed by atoms with E-state index in [1.807, 2.05) is 0 Å². The normalized spacial score (nSPS) is 9.93. The molecule has 0 saturated heterocycles. The van der Waals surface area contributed by atoms with E-state index < -0.39 is 5.97 Å². The van der Waals surface area contributed by atoms with Crippen LogP contribution in [0.25, 0.3) is 0 Å². The molecule has 1 aromatic rings. The molecule has 14 heavy (non-hydrogen) atoms. The van der Waals surface area contributed by atoms with E-state index in [1.165, 1.54) is 11.0 Å². The number of carboxylic acids is 1. The maximum Gasteiger partial charge on any atom is 0.345 e. The van der Waals surface area contributed by atoms with Gasteiger partial charge in [-0.3, -0.25) is 4.79 Å². The standard InChI is InChI=1S/C9H11NO3S/c1-5-4-6(9(12)13)14-7(5)8(11)10(2)3/h4H,1-3H3,(H,12,13). The number of amides is 1. The van der Waals surface area contributed by atoms with Gasteiger partial charge in [0.25, 0.3) is 5.91 Å². The first-order valence-corrected chi connectivity index (χ1v) is 4.80. The lowest BCUT2D eigenvalue weighted by Crippen LogP contribution is -2.21. The number of carboxylic acid groups (broad SMARTS) is 1. The van der Waals surface area contributed by atoms with Crippen LogP contribution in [0.3, 0.4) is 0 Å². The summed E-state index contributed by atoms with van der Waals surface area (Å²) in [4.78, 5) is 24.3. The van der Waals surface area contributed by atoms with E-state index in [-0.39, 0.29) is 10.8 Å². The van der Waals surface area contributed by atoms with Gasteiger partial charge in [0.15, 0.2) is 0 Å². The summed E-state index contributed by atoms with van der Waals surface area (Å²) in [6, 6.07) is 1.52. The number of carbonyl (C=O) groups is 2. The van der Waals surface area contributed by atoms with E-state index in [1.54, 1.807) is 21.0 Å². The zero-order valence-electron chi connectivity index (χ0n) is 8.20. The molecule has 0 fully saturated rings. The highest BCUT2D eigenvalue weighted by Crippen LogP contribution is 2.22. The lowest BCUT2D eigenvalue weighted by Gasteiger charge is -2.08. The molecule has 0 atom stereocenters. The number of hydrogen-bond donors (Lipinski definition) is 1. The van der Waals surface area contributed by atoms with Crippen LogP contribution >= 0.6 is 11.3 Å². The summed E-state index contributed by atoms with van der Waals surface area (Å²) in [7, 11) is 3.28. The van der Waals surface area contributed by atoms with Crippen molar-refractivity contribution in [3.63, 3.8) is 0 Å². The van der Waals surface area contributed by atoms with Gasteiger partial charge in [0, 0.05) is 14.1 Å². The van der Waals surface area contributed by atoms with Crippen LogP contribution in [0.1, 0.15) is 24.9 Å². The molecule has 0 unspecified atom stereocenters. The molecule has 0 aliphatic heterocycles. The summed E-state index contributed by atoms with van der Waals surface area (Å²) >= 11 is 1.01. The van der Waals surface area contributed by atoms with Crippen molar-refractivity contribution in [3.8, 4) is 0 Å². The lowest BCUT2D eigenvalue weighted by atomic mass is 10.2. The second kappa shape index (κ2) is 3.79. The molecule has 0 spiro atoms. The number of carbonyl (C=O) groups excluding carboxylic acids is 1. The summed E-state index contributed by atoms with van der Waals surface area (Å²) in [6.07, 6.45) is 0. The molecule has 0 bridgehead atoms. The molecular weight excluding hydrogens is 202 g/mol. The predicted molar refractivity (Wildman–Crippen MR) is 54.0 cm³/mol. The molecule has 1 amide bonds. The Morgan fingerprint density at radius 3 is 2.36 bits per heavy atom. The van der Waals surface area contributed by atoms with Gasteiger partial charge in [0.1, 0.15) is 4.88 Å². The van der Waals surface area contributed by atoms with Gasteiger partial charge in [-0.1, -0.05) is 0 Å². The highest BCUT2D eigenvalue weighted by Gasteiger charge is 2.17. The highest BCUT2D eigenvalue weighted by molar-refractivity contribution is 7.16. The molecule has 76 valence electrons. The number of aromatic carboxylic acids is 1. The Labute approximate surface area is 85.8 Å². The van der Waals surface area contributed by atoms with Gasteiger partial charge in [-0.2, -0.15) is 0 Å². The molecule has 1 heterocycles. The van der Waals surface area contributed by atoms with Crippen LogP contribution in [0.5, 0.6) is 0 Å². The molecule has 1 aromatic heterocycles. The third kappa shape index (κ3) is 1.93. The van der Waals surface area contributed by atoms with Crippen molar-refractivity contribution >= 4 is 23.2 Å². The van der Waals surface area contributed by atoms with E-state index >= 15 is 0 Å². The van der Waals surface area contributed by atoms with Crippen molar-refractivity contribution in [1.82, 2.24) is 4.90 Å². The monoisotopic (exact) mass is 213 g/mol. The topological polar surface area (TPSA) is 57.6 Å². The molecule has 1 N–H and O–H groups in total. The van der Waals surface area contributed by atoms with Gasteiger partial charge in [-0.25, -0.2) is 4.79 Å². The van der Waals surface area contributed by atoms with Crippen LogP contribution in [0.4, 0.5) is 0 Å². The minimum atomic E-state index is -0.990. The Morgan fingerprint density at radius 2 is 2.00 bits per heavy atom. The fourth-order valence-electron chi connectivity index (χ4n) is 1.00. The number of rotatable bonds is 2. The van der Waals surface area contributed by atoms with E-state index in [0.29, 0.717) is 10.4 Å². The second-order valence-corrected chi connectivity index (χ2v) is 4.18. The molecule has 0 saturated carbocycles. The van der Waals surface area contributed by atoms with Crippen molar-refractivity contribution in [3.05, 3.63) is 21.4 Å². The largest absolute Gasteiger partial charge is 0.477 e. The zero-order valence-corrected chi connectivity index (χ0v) is 9.01. The molecular formula is C9H11NO3S. The second-order valence-electron chi connectivity index (χ2n) is 3.13. The minimum absolute atomic E-state index is 0.153. The van der Waals surface area contributed by atoms with Crippen LogP contribution in [-0.2, 0) is 0 Å². The maximum absolute atomic E-state index is 11.5. The first-order chi connectivity index (χ1) is 6.43. The molecule has 5 heteroatoms. The Hall–Kier alpha value is -1.36. The summed E-state index contributed by atoms with van der Waals surface area (Å²) in [6.45, 7) is 1.74. The molecule has 1 rings (SSSR count). The Balaban J connectivity index is 3.11. The maximum atomic E-state index is 11.5.